The number of hydrogen-bond acceptors (Lipinski definition) is 5. The monoisotopic (exact) mass is 207 g/mol. The number of rotatable bonds is 3. The predicted molar refractivity (Wildman–Crippen MR) is 52.3 cm³/mol. The Morgan fingerprint density at radius 1 is 1.40 bits per heavy atom. The fourth-order valence-corrected chi connectivity index (χ4v) is 0.794. The van der Waals surface area contributed by atoms with Gasteiger partial charge in [0.2, 0.25) is 0 Å². The third-order valence-corrected chi connectivity index (χ3v) is 1.45. The summed E-state index contributed by atoms with van der Waals surface area (Å²) in [5.74, 6) is 4.40. The first-order valence-electron chi connectivity index (χ1n) is 4.11. The number of aliphatic hydroxyl groups is 1. The van der Waals surface area contributed by atoms with Gasteiger partial charge in [-0.2, -0.15) is 0 Å². The van der Waals surface area contributed by atoms with Crippen LogP contribution in [0, 0.1) is 11.8 Å². The Morgan fingerprint density at radius 2 is 2.20 bits per heavy atom. The summed E-state index contributed by atoms with van der Waals surface area (Å²) >= 11 is 0. The van der Waals surface area contributed by atoms with E-state index in [1.165, 1.54) is 12.1 Å². The highest BCUT2D eigenvalue weighted by Gasteiger charge is 2.03. The first-order chi connectivity index (χ1) is 7.24. The number of aromatic nitrogens is 2. The molecule has 0 saturated heterocycles. The number of carboxylic acid groups (broad SMARTS) is 1. The normalized spacial score (nSPS) is 8.87. The van der Waals surface area contributed by atoms with Crippen LogP contribution in [0.15, 0.2) is 12.1 Å². The number of carboxylic acids is 1. The minimum Gasteiger partial charge on any atom is -0.476 e. The molecule has 1 heterocycles. The van der Waals surface area contributed by atoms with Crippen molar-refractivity contribution in [2.75, 3.05) is 18.5 Å². The van der Waals surface area contributed by atoms with E-state index >= 15 is 0 Å². The van der Waals surface area contributed by atoms with Crippen molar-refractivity contribution in [1.29, 1.82) is 0 Å². The van der Waals surface area contributed by atoms with Crippen molar-refractivity contribution in [3.8, 4) is 11.8 Å². The SMILES string of the molecule is O=C(O)c1ccc(NCC#CCO)nn1. The molecule has 15 heavy (non-hydrogen) atoms. The van der Waals surface area contributed by atoms with Gasteiger partial charge in [0.25, 0.3) is 0 Å². The van der Waals surface area contributed by atoms with Crippen molar-refractivity contribution in [1.82, 2.24) is 10.2 Å². The van der Waals surface area contributed by atoms with Gasteiger partial charge in [-0.15, -0.1) is 10.2 Å². The van der Waals surface area contributed by atoms with Crippen LogP contribution in [0.2, 0.25) is 0 Å². The van der Waals surface area contributed by atoms with E-state index in [2.05, 4.69) is 27.4 Å². The summed E-state index contributed by atoms with van der Waals surface area (Å²) in [5, 5.41) is 26.8. The van der Waals surface area contributed by atoms with Gasteiger partial charge >= 0.3 is 5.97 Å². The lowest BCUT2D eigenvalue weighted by atomic mass is 10.4. The van der Waals surface area contributed by atoms with E-state index < -0.39 is 5.97 Å². The van der Waals surface area contributed by atoms with Crippen molar-refractivity contribution in [3.05, 3.63) is 17.8 Å². The molecule has 1 aromatic rings. The van der Waals surface area contributed by atoms with E-state index in [1.54, 1.807) is 0 Å². The molecule has 3 N–H and O–H groups in total. The second-order valence-electron chi connectivity index (χ2n) is 2.47. The zero-order valence-electron chi connectivity index (χ0n) is 7.77. The maximum absolute atomic E-state index is 10.4. The lowest BCUT2D eigenvalue weighted by Crippen LogP contribution is -2.06. The molecule has 0 aliphatic carbocycles. The predicted octanol–water partition coefficient (Wildman–Crippen LogP) is -0.418. The second-order valence-corrected chi connectivity index (χ2v) is 2.47. The summed E-state index contributed by atoms with van der Waals surface area (Å²) in [4.78, 5) is 10.4. The smallest absolute Gasteiger partial charge is 0.356 e. The Kier molecular flexibility index (Phi) is 4.06. The number of hydrogen-bond donors (Lipinski definition) is 3. The fraction of sp³-hybridized carbons (Fsp3) is 0.222. The zero-order chi connectivity index (χ0) is 11.1. The average Bonchev–Trinajstić information content (AvgIpc) is 2.25. The molecule has 78 valence electrons. The summed E-state index contributed by atoms with van der Waals surface area (Å²) in [6.07, 6.45) is 0. The van der Waals surface area contributed by atoms with E-state index in [1.807, 2.05) is 0 Å². The van der Waals surface area contributed by atoms with Crippen LogP contribution in [0.5, 0.6) is 0 Å². The van der Waals surface area contributed by atoms with Crippen LogP contribution < -0.4 is 5.32 Å². The topological polar surface area (TPSA) is 95.3 Å². The van der Waals surface area contributed by atoms with Gasteiger partial charge < -0.3 is 15.5 Å². The largest absolute Gasteiger partial charge is 0.476 e. The van der Waals surface area contributed by atoms with Crippen LogP contribution >= 0.6 is 0 Å². The molecule has 1 aromatic heterocycles. The molecular weight excluding hydrogens is 198 g/mol. The maximum Gasteiger partial charge on any atom is 0.356 e. The Bertz CT molecular complexity index is 391. The number of aromatic carboxylic acids is 1. The molecule has 6 nitrogen and oxygen atoms in total. The summed E-state index contributed by atoms with van der Waals surface area (Å²) in [6.45, 7) is 0.132. The van der Waals surface area contributed by atoms with E-state index in [-0.39, 0.29) is 12.3 Å². The third kappa shape index (κ3) is 3.62. The van der Waals surface area contributed by atoms with E-state index in [0.717, 1.165) is 0 Å². The van der Waals surface area contributed by atoms with Gasteiger partial charge in [0.1, 0.15) is 12.4 Å². The van der Waals surface area contributed by atoms with Crippen molar-refractivity contribution in [2.24, 2.45) is 0 Å². The number of aliphatic hydroxyl groups excluding tert-OH is 1. The van der Waals surface area contributed by atoms with Crippen LogP contribution in [-0.2, 0) is 0 Å². The number of carbonyl (C=O) groups is 1. The van der Waals surface area contributed by atoms with Gasteiger partial charge in [-0.3, -0.25) is 0 Å². The Labute approximate surface area is 86.0 Å². The van der Waals surface area contributed by atoms with Crippen molar-refractivity contribution >= 4 is 11.8 Å². The third-order valence-electron chi connectivity index (χ3n) is 1.45. The first kappa shape index (κ1) is 10.9. The molecule has 0 amide bonds. The average molecular weight is 207 g/mol. The molecular formula is C9H9N3O3. The summed E-state index contributed by atoms with van der Waals surface area (Å²) in [7, 11) is 0. The van der Waals surface area contributed by atoms with Crippen LogP contribution in [0.25, 0.3) is 0 Å². The van der Waals surface area contributed by atoms with Crippen LogP contribution in [-0.4, -0.2) is 39.5 Å². The highest BCUT2D eigenvalue weighted by atomic mass is 16.4. The van der Waals surface area contributed by atoms with Gasteiger partial charge in [-0.05, 0) is 12.1 Å². The highest BCUT2D eigenvalue weighted by molar-refractivity contribution is 5.85. The van der Waals surface area contributed by atoms with E-state index in [0.29, 0.717) is 12.4 Å². The number of anilines is 1. The summed E-state index contributed by atoms with van der Waals surface area (Å²) < 4.78 is 0. The maximum atomic E-state index is 10.4. The molecule has 0 aromatic carbocycles. The molecule has 6 heteroatoms. The minimum absolute atomic E-state index is 0.109. The van der Waals surface area contributed by atoms with Crippen molar-refractivity contribution < 1.29 is 15.0 Å². The number of nitrogens with zero attached hydrogens (tertiary/aromatic N) is 2. The molecule has 0 saturated carbocycles. The second kappa shape index (κ2) is 5.57. The fourth-order valence-electron chi connectivity index (χ4n) is 0.794. The molecule has 1 rings (SSSR count). The molecule has 0 aliphatic rings. The standard InChI is InChI=1S/C9H9N3O3/c13-6-2-1-5-10-8-4-3-7(9(14)15)11-12-8/h3-4,13H,5-6H2,(H,10,12)(H,14,15). The van der Waals surface area contributed by atoms with Gasteiger partial charge in [0.05, 0.1) is 6.54 Å². The lowest BCUT2D eigenvalue weighted by Gasteiger charge is -1.99. The number of nitrogens with one attached hydrogen (secondary N) is 1. The van der Waals surface area contributed by atoms with Gasteiger partial charge in [-0.25, -0.2) is 4.79 Å². The Morgan fingerprint density at radius 3 is 2.73 bits per heavy atom. The molecule has 0 aliphatic heterocycles. The lowest BCUT2D eigenvalue weighted by molar-refractivity contribution is 0.0689. The van der Waals surface area contributed by atoms with Gasteiger partial charge in [-0.1, -0.05) is 11.8 Å². The molecule has 0 spiro atoms. The molecule has 0 unspecified atom stereocenters. The van der Waals surface area contributed by atoms with Crippen LogP contribution in [0.1, 0.15) is 10.5 Å². The minimum atomic E-state index is -1.12. The van der Waals surface area contributed by atoms with Crippen molar-refractivity contribution in [2.45, 2.75) is 0 Å². The van der Waals surface area contributed by atoms with Gasteiger partial charge in [0, 0.05) is 0 Å². The Balaban J connectivity index is 2.53. The quantitative estimate of drug-likeness (QED) is 0.583. The van der Waals surface area contributed by atoms with Gasteiger partial charge in [0.15, 0.2) is 5.69 Å². The summed E-state index contributed by atoms with van der Waals surface area (Å²) in [5.41, 5.74) is -0.109. The molecule has 0 fully saturated rings. The summed E-state index contributed by atoms with van der Waals surface area (Å²) in [6, 6.07) is 2.84. The molecule has 0 atom stereocenters. The van der Waals surface area contributed by atoms with Crippen LogP contribution in [0.3, 0.4) is 0 Å². The molecule has 0 radical (unpaired) electrons. The first-order valence-corrected chi connectivity index (χ1v) is 4.11. The van der Waals surface area contributed by atoms with E-state index in [9.17, 15) is 4.79 Å². The molecule has 0 bridgehead atoms. The van der Waals surface area contributed by atoms with E-state index in [4.69, 9.17) is 10.2 Å². The Hall–Kier alpha value is -2.13. The zero-order valence-corrected chi connectivity index (χ0v) is 7.77. The van der Waals surface area contributed by atoms with Crippen molar-refractivity contribution in [3.63, 3.8) is 0 Å². The van der Waals surface area contributed by atoms with Crippen LogP contribution in [0.4, 0.5) is 5.82 Å². The highest BCUT2D eigenvalue weighted by Crippen LogP contribution is 2.00.